The van der Waals surface area contributed by atoms with Gasteiger partial charge in [-0.25, -0.2) is 0 Å². The zero-order valence-corrected chi connectivity index (χ0v) is 11.5. The summed E-state index contributed by atoms with van der Waals surface area (Å²) in [5, 5.41) is 3.29. The minimum atomic E-state index is 0.112. The molecule has 0 saturated heterocycles. The van der Waals surface area contributed by atoms with Crippen LogP contribution in [0.5, 0.6) is 5.75 Å². The molecule has 0 aliphatic rings. The highest BCUT2D eigenvalue weighted by Gasteiger charge is 2.12. The standard InChI is InChI=1S/C16H20N2O/c1-3-12-19-14-9-7-13(8-10-14)16(17-2)15-6-4-5-11-18-15/h4-11,16-17H,3,12H2,1-2H3. The number of nitrogens with zero attached hydrogens (tertiary/aromatic N) is 1. The fourth-order valence-corrected chi connectivity index (χ4v) is 2.01. The minimum absolute atomic E-state index is 0.112. The van der Waals surface area contributed by atoms with E-state index in [1.54, 1.807) is 0 Å². The summed E-state index contributed by atoms with van der Waals surface area (Å²) in [7, 11) is 1.95. The lowest BCUT2D eigenvalue weighted by molar-refractivity contribution is 0.317. The molecule has 0 saturated carbocycles. The monoisotopic (exact) mass is 256 g/mol. The molecule has 1 heterocycles. The van der Waals surface area contributed by atoms with Crippen molar-refractivity contribution in [1.82, 2.24) is 10.3 Å². The second-order valence-corrected chi connectivity index (χ2v) is 4.39. The Kier molecular flexibility index (Phi) is 4.93. The number of benzene rings is 1. The van der Waals surface area contributed by atoms with E-state index in [1.165, 1.54) is 5.56 Å². The SMILES string of the molecule is CCCOc1ccc(C(NC)c2ccccn2)cc1. The molecule has 1 unspecified atom stereocenters. The first-order chi connectivity index (χ1) is 9.35. The molecule has 1 aromatic carbocycles. The predicted octanol–water partition coefficient (Wildman–Crippen LogP) is 3.18. The number of aromatic nitrogens is 1. The molecule has 1 N–H and O–H groups in total. The molecule has 2 rings (SSSR count). The quantitative estimate of drug-likeness (QED) is 0.862. The largest absolute Gasteiger partial charge is 0.494 e. The highest BCUT2D eigenvalue weighted by Crippen LogP contribution is 2.22. The van der Waals surface area contributed by atoms with Crippen LogP contribution < -0.4 is 10.1 Å². The van der Waals surface area contributed by atoms with Crippen LogP contribution in [0.15, 0.2) is 48.7 Å². The van der Waals surface area contributed by atoms with Crippen molar-refractivity contribution in [2.75, 3.05) is 13.7 Å². The van der Waals surface area contributed by atoms with E-state index >= 15 is 0 Å². The van der Waals surface area contributed by atoms with Crippen molar-refractivity contribution in [1.29, 1.82) is 0 Å². The summed E-state index contributed by atoms with van der Waals surface area (Å²) < 4.78 is 5.59. The van der Waals surface area contributed by atoms with Gasteiger partial charge in [-0.15, -0.1) is 0 Å². The van der Waals surface area contributed by atoms with Gasteiger partial charge in [0, 0.05) is 6.20 Å². The summed E-state index contributed by atoms with van der Waals surface area (Å²) in [5.74, 6) is 0.918. The third kappa shape index (κ3) is 3.55. The zero-order valence-electron chi connectivity index (χ0n) is 11.5. The average Bonchev–Trinajstić information content (AvgIpc) is 2.48. The molecule has 0 radical (unpaired) electrons. The van der Waals surface area contributed by atoms with E-state index in [4.69, 9.17) is 4.74 Å². The van der Waals surface area contributed by atoms with Crippen LogP contribution in [-0.2, 0) is 0 Å². The maximum atomic E-state index is 5.59. The van der Waals surface area contributed by atoms with E-state index in [0.29, 0.717) is 0 Å². The van der Waals surface area contributed by atoms with E-state index in [1.807, 2.05) is 43.6 Å². The van der Waals surface area contributed by atoms with Crippen LogP contribution in [0.1, 0.15) is 30.6 Å². The average molecular weight is 256 g/mol. The first-order valence-electron chi connectivity index (χ1n) is 6.66. The lowest BCUT2D eigenvalue weighted by Crippen LogP contribution is -2.18. The molecule has 0 aliphatic carbocycles. The molecule has 1 aromatic heterocycles. The maximum Gasteiger partial charge on any atom is 0.119 e. The molecule has 0 amide bonds. The van der Waals surface area contributed by atoms with Gasteiger partial charge in [-0.2, -0.15) is 0 Å². The lowest BCUT2D eigenvalue weighted by Gasteiger charge is -2.16. The van der Waals surface area contributed by atoms with Crippen molar-refractivity contribution in [3.63, 3.8) is 0 Å². The maximum absolute atomic E-state index is 5.59. The Morgan fingerprint density at radius 1 is 1.16 bits per heavy atom. The highest BCUT2D eigenvalue weighted by molar-refractivity contribution is 5.33. The Balaban J connectivity index is 2.15. The summed E-state index contributed by atoms with van der Waals surface area (Å²) in [6.07, 6.45) is 2.84. The summed E-state index contributed by atoms with van der Waals surface area (Å²) in [6, 6.07) is 14.3. The number of hydrogen-bond donors (Lipinski definition) is 1. The second kappa shape index (κ2) is 6.90. The number of ether oxygens (including phenoxy) is 1. The molecule has 1 atom stereocenters. The fraction of sp³-hybridized carbons (Fsp3) is 0.312. The molecule has 0 spiro atoms. The van der Waals surface area contributed by atoms with Crippen molar-refractivity contribution in [2.24, 2.45) is 0 Å². The minimum Gasteiger partial charge on any atom is -0.494 e. The van der Waals surface area contributed by atoms with Crippen LogP contribution in [0.3, 0.4) is 0 Å². The van der Waals surface area contributed by atoms with E-state index in [-0.39, 0.29) is 6.04 Å². The van der Waals surface area contributed by atoms with Crippen molar-refractivity contribution < 1.29 is 4.74 Å². The lowest BCUT2D eigenvalue weighted by atomic mass is 10.0. The van der Waals surface area contributed by atoms with Gasteiger partial charge < -0.3 is 10.1 Å². The Morgan fingerprint density at radius 2 is 1.95 bits per heavy atom. The van der Waals surface area contributed by atoms with Gasteiger partial charge >= 0.3 is 0 Å². The molecular weight excluding hydrogens is 236 g/mol. The van der Waals surface area contributed by atoms with Crippen LogP contribution in [0.25, 0.3) is 0 Å². The molecule has 19 heavy (non-hydrogen) atoms. The molecule has 3 nitrogen and oxygen atoms in total. The first-order valence-corrected chi connectivity index (χ1v) is 6.66. The van der Waals surface area contributed by atoms with Crippen LogP contribution in [0, 0.1) is 0 Å². The molecule has 0 bridgehead atoms. The van der Waals surface area contributed by atoms with Gasteiger partial charge in [0.2, 0.25) is 0 Å². The molecule has 100 valence electrons. The van der Waals surface area contributed by atoms with E-state index in [0.717, 1.165) is 24.5 Å². The second-order valence-electron chi connectivity index (χ2n) is 4.39. The van der Waals surface area contributed by atoms with Gasteiger partial charge in [0.15, 0.2) is 0 Å². The van der Waals surface area contributed by atoms with Gasteiger partial charge in [0.25, 0.3) is 0 Å². The topological polar surface area (TPSA) is 34.1 Å². The third-order valence-electron chi connectivity index (χ3n) is 2.96. The van der Waals surface area contributed by atoms with Gasteiger partial charge in [-0.05, 0) is 43.3 Å². The first kappa shape index (κ1) is 13.6. The molecular formula is C16H20N2O. The van der Waals surface area contributed by atoms with Crippen molar-refractivity contribution in [2.45, 2.75) is 19.4 Å². The van der Waals surface area contributed by atoms with Crippen LogP contribution >= 0.6 is 0 Å². The number of hydrogen-bond acceptors (Lipinski definition) is 3. The van der Waals surface area contributed by atoms with E-state index in [9.17, 15) is 0 Å². The van der Waals surface area contributed by atoms with Crippen LogP contribution in [0.2, 0.25) is 0 Å². The van der Waals surface area contributed by atoms with E-state index < -0.39 is 0 Å². The number of pyridine rings is 1. The molecule has 3 heteroatoms. The van der Waals surface area contributed by atoms with Crippen LogP contribution in [0.4, 0.5) is 0 Å². The molecule has 2 aromatic rings. The Labute approximate surface area is 114 Å². The van der Waals surface area contributed by atoms with E-state index in [2.05, 4.69) is 29.4 Å². The summed E-state index contributed by atoms with van der Waals surface area (Å²) >= 11 is 0. The van der Waals surface area contributed by atoms with Crippen molar-refractivity contribution in [3.05, 3.63) is 59.9 Å². The Morgan fingerprint density at radius 3 is 2.53 bits per heavy atom. The molecule has 0 fully saturated rings. The van der Waals surface area contributed by atoms with Gasteiger partial charge in [0.1, 0.15) is 5.75 Å². The zero-order chi connectivity index (χ0) is 13.5. The van der Waals surface area contributed by atoms with Crippen LogP contribution in [-0.4, -0.2) is 18.6 Å². The third-order valence-corrected chi connectivity index (χ3v) is 2.96. The number of rotatable bonds is 6. The Hall–Kier alpha value is -1.87. The van der Waals surface area contributed by atoms with Gasteiger partial charge in [-0.3, -0.25) is 4.98 Å². The number of nitrogens with one attached hydrogen (secondary N) is 1. The summed E-state index contributed by atoms with van der Waals surface area (Å²) in [6.45, 7) is 2.86. The summed E-state index contributed by atoms with van der Waals surface area (Å²) in [5.41, 5.74) is 2.21. The van der Waals surface area contributed by atoms with Crippen molar-refractivity contribution >= 4 is 0 Å². The Bertz CT molecular complexity index is 482. The summed E-state index contributed by atoms with van der Waals surface area (Å²) in [4.78, 5) is 4.40. The highest BCUT2D eigenvalue weighted by atomic mass is 16.5. The van der Waals surface area contributed by atoms with Gasteiger partial charge in [0.05, 0.1) is 18.3 Å². The predicted molar refractivity (Wildman–Crippen MR) is 77.4 cm³/mol. The smallest absolute Gasteiger partial charge is 0.119 e. The fourth-order valence-electron chi connectivity index (χ4n) is 2.01. The normalized spacial score (nSPS) is 12.1. The molecule has 0 aliphatic heterocycles. The van der Waals surface area contributed by atoms with Crippen molar-refractivity contribution in [3.8, 4) is 5.75 Å². The van der Waals surface area contributed by atoms with Gasteiger partial charge in [-0.1, -0.05) is 25.1 Å².